The summed E-state index contributed by atoms with van der Waals surface area (Å²) in [6.45, 7) is 3.68. The molecule has 0 bridgehead atoms. The lowest BCUT2D eigenvalue weighted by Crippen LogP contribution is -2.56. The van der Waals surface area contributed by atoms with Crippen LogP contribution in [0.5, 0.6) is 0 Å². The van der Waals surface area contributed by atoms with Crippen LogP contribution in [0, 0.1) is 5.92 Å². The summed E-state index contributed by atoms with van der Waals surface area (Å²) in [5.74, 6) is 0.769. The largest absolute Gasteiger partial charge is 0.342 e. The number of likely N-dealkylation sites (tertiary alicyclic amines) is 2. The molecule has 4 rings (SSSR count). The molecule has 3 atom stereocenters. The SMILES string of the molecule is N[C@@H]1CCN(C2CCCCC2)C[C@H]1C(=O)N1CCC(c2ccccc2)C1. The fraction of sp³-hybridized carbons (Fsp3) is 0.682. The molecule has 142 valence electrons. The van der Waals surface area contributed by atoms with Gasteiger partial charge in [-0.3, -0.25) is 9.69 Å². The first kappa shape index (κ1) is 18.0. The summed E-state index contributed by atoms with van der Waals surface area (Å²) in [5.41, 5.74) is 7.77. The molecular weight excluding hydrogens is 322 g/mol. The first-order chi connectivity index (χ1) is 12.7. The van der Waals surface area contributed by atoms with Crippen molar-refractivity contribution in [1.29, 1.82) is 0 Å². The zero-order chi connectivity index (χ0) is 17.9. The van der Waals surface area contributed by atoms with Crippen LogP contribution in [-0.2, 0) is 4.79 Å². The van der Waals surface area contributed by atoms with E-state index in [1.165, 1.54) is 37.7 Å². The van der Waals surface area contributed by atoms with Crippen molar-refractivity contribution in [1.82, 2.24) is 9.80 Å². The van der Waals surface area contributed by atoms with Gasteiger partial charge in [-0.1, -0.05) is 49.6 Å². The Morgan fingerprint density at radius 3 is 2.46 bits per heavy atom. The van der Waals surface area contributed by atoms with Crippen molar-refractivity contribution in [2.24, 2.45) is 11.7 Å². The van der Waals surface area contributed by atoms with Gasteiger partial charge in [0.2, 0.25) is 5.91 Å². The second-order valence-corrected chi connectivity index (χ2v) is 8.53. The summed E-state index contributed by atoms with van der Waals surface area (Å²) in [7, 11) is 0. The number of amides is 1. The molecule has 1 amide bonds. The average Bonchev–Trinajstić information content (AvgIpc) is 3.19. The summed E-state index contributed by atoms with van der Waals surface area (Å²) in [6, 6.07) is 11.3. The van der Waals surface area contributed by atoms with Crippen LogP contribution in [0.1, 0.15) is 56.4 Å². The van der Waals surface area contributed by atoms with Crippen LogP contribution >= 0.6 is 0 Å². The van der Waals surface area contributed by atoms with Crippen molar-refractivity contribution < 1.29 is 4.79 Å². The first-order valence-electron chi connectivity index (χ1n) is 10.6. The highest BCUT2D eigenvalue weighted by molar-refractivity contribution is 5.80. The Morgan fingerprint density at radius 2 is 1.69 bits per heavy atom. The highest BCUT2D eigenvalue weighted by Gasteiger charge is 2.39. The Kier molecular flexibility index (Phi) is 5.60. The molecule has 3 aliphatic rings. The number of nitrogens with zero attached hydrogens (tertiary/aromatic N) is 2. The Hall–Kier alpha value is -1.39. The molecule has 0 radical (unpaired) electrons. The van der Waals surface area contributed by atoms with E-state index in [0.717, 1.165) is 39.0 Å². The predicted octanol–water partition coefficient (Wildman–Crippen LogP) is 2.98. The van der Waals surface area contributed by atoms with Crippen LogP contribution in [0.4, 0.5) is 0 Å². The lowest BCUT2D eigenvalue weighted by Gasteiger charge is -2.42. The molecule has 2 saturated heterocycles. The van der Waals surface area contributed by atoms with Gasteiger partial charge in [-0.25, -0.2) is 0 Å². The van der Waals surface area contributed by atoms with Gasteiger partial charge in [-0.2, -0.15) is 0 Å². The minimum atomic E-state index is -0.0137. The summed E-state index contributed by atoms with van der Waals surface area (Å²) in [6.07, 6.45) is 8.70. The van der Waals surface area contributed by atoms with Gasteiger partial charge in [0.15, 0.2) is 0 Å². The Labute approximate surface area is 157 Å². The maximum Gasteiger partial charge on any atom is 0.228 e. The molecule has 3 fully saturated rings. The van der Waals surface area contributed by atoms with E-state index < -0.39 is 0 Å². The third kappa shape index (κ3) is 3.81. The normalized spacial score (nSPS) is 31.3. The molecule has 2 heterocycles. The van der Waals surface area contributed by atoms with E-state index in [-0.39, 0.29) is 12.0 Å². The van der Waals surface area contributed by atoms with E-state index in [2.05, 4.69) is 40.1 Å². The standard InChI is InChI=1S/C22H33N3O/c23-21-12-14-24(19-9-5-2-6-10-19)16-20(21)22(26)25-13-11-18(15-25)17-7-3-1-4-8-17/h1,3-4,7-8,18-21H,2,5-6,9-16,23H2/t18?,20-,21-/m1/s1. The van der Waals surface area contributed by atoms with Crippen LogP contribution in [0.2, 0.25) is 0 Å². The number of carbonyl (C=O) groups excluding carboxylic acids is 1. The van der Waals surface area contributed by atoms with Gasteiger partial charge in [-0.15, -0.1) is 0 Å². The number of nitrogens with two attached hydrogens (primary N) is 1. The molecule has 1 saturated carbocycles. The van der Waals surface area contributed by atoms with Crippen molar-refractivity contribution in [2.45, 2.75) is 62.9 Å². The van der Waals surface area contributed by atoms with Crippen LogP contribution in [0.25, 0.3) is 0 Å². The van der Waals surface area contributed by atoms with E-state index in [1.807, 2.05) is 0 Å². The fourth-order valence-electron chi connectivity index (χ4n) is 5.23. The molecule has 0 aromatic heterocycles. The molecule has 1 aliphatic carbocycles. The van der Waals surface area contributed by atoms with Crippen molar-refractivity contribution >= 4 is 5.91 Å². The third-order valence-electron chi connectivity index (χ3n) is 6.88. The van der Waals surface area contributed by atoms with E-state index in [9.17, 15) is 4.79 Å². The van der Waals surface area contributed by atoms with Crippen molar-refractivity contribution in [3.63, 3.8) is 0 Å². The second kappa shape index (κ2) is 8.10. The summed E-state index contributed by atoms with van der Waals surface area (Å²) < 4.78 is 0. The van der Waals surface area contributed by atoms with Crippen LogP contribution in [0.3, 0.4) is 0 Å². The Morgan fingerprint density at radius 1 is 0.923 bits per heavy atom. The number of carbonyl (C=O) groups is 1. The second-order valence-electron chi connectivity index (χ2n) is 8.53. The minimum absolute atomic E-state index is 0.0137. The smallest absolute Gasteiger partial charge is 0.228 e. The van der Waals surface area contributed by atoms with Gasteiger partial charge >= 0.3 is 0 Å². The van der Waals surface area contributed by atoms with E-state index in [0.29, 0.717) is 17.9 Å². The van der Waals surface area contributed by atoms with E-state index >= 15 is 0 Å². The van der Waals surface area contributed by atoms with Crippen LogP contribution < -0.4 is 5.73 Å². The molecule has 0 spiro atoms. The molecule has 26 heavy (non-hydrogen) atoms. The van der Waals surface area contributed by atoms with E-state index in [1.54, 1.807) is 0 Å². The topological polar surface area (TPSA) is 49.6 Å². The maximum atomic E-state index is 13.2. The molecule has 4 heteroatoms. The molecule has 4 nitrogen and oxygen atoms in total. The monoisotopic (exact) mass is 355 g/mol. The van der Waals surface area contributed by atoms with Gasteiger partial charge in [0.1, 0.15) is 0 Å². The predicted molar refractivity (Wildman–Crippen MR) is 105 cm³/mol. The van der Waals surface area contributed by atoms with Gasteiger partial charge in [-0.05, 0) is 37.8 Å². The summed E-state index contributed by atoms with van der Waals surface area (Å²) in [5, 5.41) is 0. The molecule has 1 aromatic rings. The third-order valence-corrected chi connectivity index (χ3v) is 6.88. The maximum absolute atomic E-state index is 13.2. The summed E-state index contributed by atoms with van der Waals surface area (Å²) in [4.78, 5) is 17.9. The number of hydrogen-bond donors (Lipinski definition) is 1. The van der Waals surface area contributed by atoms with Gasteiger partial charge in [0, 0.05) is 37.6 Å². The molecular formula is C22H33N3O. The lowest BCUT2D eigenvalue weighted by molar-refractivity contribution is -0.137. The highest BCUT2D eigenvalue weighted by Crippen LogP contribution is 2.31. The van der Waals surface area contributed by atoms with Gasteiger partial charge in [0.25, 0.3) is 0 Å². The fourth-order valence-corrected chi connectivity index (χ4v) is 5.23. The molecule has 2 aliphatic heterocycles. The van der Waals surface area contributed by atoms with E-state index in [4.69, 9.17) is 5.73 Å². The highest BCUT2D eigenvalue weighted by atomic mass is 16.2. The van der Waals surface area contributed by atoms with Crippen molar-refractivity contribution in [3.05, 3.63) is 35.9 Å². The summed E-state index contributed by atoms with van der Waals surface area (Å²) >= 11 is 0. The zero-order valence-corrected chi connectivity index (χ0v) is 15.9. The zero-order valence-electron chi connectivity index (χ0n) is 15.9. The molecule has 1 aromatic carbocycles. The van der Waals surface area contributed by atoms with Crippen molar-refractivity contribution in [3.8, 4) is 0 Å². The Bertz CT molecular complexity index is 599. The average molecular weight is 356 g/mol. The van der Waals surface area contributed by atoms with Gasteiger partial charge in [0.05, 0.1) is 5.92 Å². The molecule has 1 unspecified atom stereocenters. The Balaban J connectivity index is 1.38. The number of piperidine rings is 1. The van der Waals surface area contributed by atoms with Gasteiger partial charge < -0.3 is 10.6 Å². The number of hydrogen-bond acceptors (Lipinski definition) is 3. The van der Waals surface area contributed by atoms with Crippen molar-refractivity contribution in [2.75, 3.05) is 26.2 Å². The lowest BCUT2D eigenvalue weighted by atomic mass is 9.87. The van der Waals surface area contributed by atoms with Crippen LogP contribution in [-0.4, -0.2) is 54.0 Å². The quantitative estimate of drug-likeness (QED) is 0.907. The molecule has 2 N–H and O–H groups in total. The van der Waals surface area contributed by atoms with Crippen LogP contribution in [0.15, 0.2) is 30.3 Å². The minimum Gasteiger partial charge on any atom is -0.342 e. The first-order valence-corrected chi connectivity index (χ1v) is 10.6. The number of benzene rings is 1. The number of rotatable bonds is 3.